The van der Waals surface area contributed by atoms with Crippen LogP contribution in [0.4, 0.5) is 4.39 Å². The highest BCUT2D eigenvalue weighted by atomic mass is 19.1. The molecule has 0 aromatic carbocycles. The highest BCUT2D eigenvalue weighted by molar-refractivity contribution is 5.76. The number of hydrogen-bond acceptors (Lipinski definition) is 2. The molecule has 1 atom stereocenters. The lowest BCUT2D eigenvalue weighted by Gasteiger charge is -2.15. The first-order valence-electron chi connectivity index (χ1n) is 4.36. The Morgan fingerprint density at radius 3 is 2.58 bits per heavy atom. The molecule has 1 aliphatic rings. The van der Waals surface area contributed by atoms with E-state index in [4.69, 9.17) is 5.73 Å². The van der Waals surface area contributed by atoms with Gasteiger partial charge in [-0.1, -0.05) is 0 Å². The fourth-order valence-corrected chi connectivity index (χ4v) is 1.37. The zero-order valence-electron chi connectivity index (χ0n) is 7.13. The van der Waals surface area contributed by atoms with E-state index in [0.29, 0.717) is 0 Å². The Kier molecular flexibility index (Phi) is 3.47. The summed E-state index contributed by atoms with van der Waals surface area (Å²) in [5.74, 6) is -0.0922. The predicted octanol–water partition coefficient (Wildman–Crippen LogP) is 0.296. The number of alkyl halides is 1. The summed E-state index contributed by atoms with van der Waals surface area (Å²) in [6.45, 7) is 1.52. The van der Waals surface area contributed by atoms with Crippen LogP contribution < -0.4 is 5.73 Å². The summed E-state index contributed by atoms with van der Waals surface area (Å²) in [4.78, 5) is 13.0. The monoisotopic (exact) mass is 174 g/mol. The number of carbonyl (C=O) groups excluding carboxylic acids is 1. The zero-order chi connectivity index (χ0) is 8.97. The molecule has 0 saturated carbocycles. The van der Waals surface area contributed by atoms with Crippen molar-refractivity contribution in [1.29, 1.82) is 0 Å². The van der Waals surface area contributed by atoms with Gasteiger partial charge >= 0.3 is 0 Å². The normalized spacial score (nSPS) is 19.7. The third kappa shape index (κ3) is 2.44. The minimum absolute atomic E-state index is 0.0451. The maximum atomic E-state index is 12.7. The van der Waals surface area contributed by atoms with E-state index in [9.17, 15) is 9.18 Å². The van der Waals surface area contributed by atoms with Crippen molar-refractivity contribution in [3.05, 3.63) is 0 Å². The average molecular weight is 174 g/mol. The number of carbonyl (C=O) groups is 1. The third-order valence-electron chi connectivity index (χ3n) is 2.11. The topological polar surface area (TPSA) is 46.3 Å². The number of nitrogens with zero attached hydrogens (tertiary/aromatic N) is 1. The molecule has 1 aliphatic heterocycles. The highest BCUT2D eigenvalue weighted by Crippen LogP contribution is 2.10. The molecule has 0 aromatic heterocycles. The molecule has 12 heavy (non-hydrogen) atoms. The molecule has 1 amide bonds. The molecule has 0 spiro atoms. The van der Waals surface area contributed by atoms with Gasteiger partial charge in [0.05, 0.1) is 6.42 Å². The van der Waals surface area contributed by atoms with E-state index < -0.39 is 6.17 Å². The SMILES string of the molecule is NCC(F)CC(=O)N1CCCC1. The number of halogens is 1. The van der Waals surface area contributed by atoms with Crippen LogP contribution in [-0.4, -0.2) is 36.6 Å². The quantitative estimate of drug-likeness (QED) is 0.668. The van der Waals surface area contributed by atoms with E-state index in [-0.39, 0.29) is 18.9 Å². The van der Waals surface area contributed by atoms with Gasteiger partial charge in [0.1, 0.15) is 6.17 Å². The average Bonchev–Trinajstić information content (AvgIpc) is 2.56. The first-order chi connectivity index (χ1) is 5.74. The Balaban J connectivity index is 2.27. The first kappa shape index (κ1) is 9.45. The summed E-state index contributed by atoms with van der Waals surface area (Å²) in [6, 6.07) is 0. The van der Waals surface area contributed by atoms with Crippen LogP contribution in [0.15, 0.2) is 0 Å². The third-order valence-corrected chi connectivity index (χ3v) is 2.11. The van der Waals surface area contributed by atoms with E-state index >= 15 is 0 Å². The van der Waals surface area contributed by atoms with Crippen molar-refractivity contribution in [3.8, 4) is 0 Å². The lowest BCUT2D eigenvalue weighted by Crippen LogP contribution is -2.31. The number of hydrogen-bond donors (Lipinski definition) is 1. The summed E-state index contributed by atoms with van der Waals surface area (Å²) in [7, 11) is 0. The van der Waals surface area contributed by atoms with Crippen LogP contribution >= 0.6 is 0 Å². The second-order valence-electron chi connectivity index (χ2n) is 3.13. The second kappa shape index (κ2) is 4.40. The molecule has 1 rings (SSSR count). The van der Waals surface area contributed by atoms with Crippen molar-refractivity contribution in [3.63, 3.8) is 0 Å². The van der Waals surface area contributed by atoms with Crippen molar-refractivity contribution < 1.29 is 9.18 Å². The molecule has 3 nitrogen and oxygen atoms in total. The van der Waals surface area contributed by atoms with Crippen molar-refractivity contribution in [2.24, 2.45) is 5.73 Å². The Bertz CT molecular complexity index is 157. The lowest BCUT2D eigenvalue weighted by molar-refractivity contribution is -0.131. The minimum Gasteiger partial charge on any atom is -0.343 e. The molecule has 4 heteroatoms. The van der Waals surface area contributed by atoms with Gasteiger partial charge in [-0.25, -0.2) is 4.39 Å². The summed E-state index contributed by atoms with van der Waals surface area (Å²) in [5.41, 5.74) is 5.07. The first-order valence-corrected chi connectivity index (χ1v) is 4.36. The summed E-state index contributed by atoms with van der Waals surface area (Å²) >= 11 is 0. The van der Waals surface area contributed by atoms with Gasteiger partial charge in [-0.05, 0) is 12.8 Å². The maximum Gasteiger partial charge on any atom is 0.225 e. The maximum absolute atomic E-state index is 12.7. The molecule has 2 N–H and O–H groups in total. The molecule has 0 radical (unpaired) electrons. The minimum atomic E-state index is -1.17. The predicted molar refractivity (Wildman–Crippen MR) is 44.4 cm³/mol. The van der Waals surface area contributed by atoms with Crippen LogP contribution in [0, 0.1) is 0 Å². The van der Waals surface area contributed by atoms with E-state index in [1.807, 2.05) is 0 Å². The molecule has 1 heterocycles. The van der Waals surface area contributed by atoms with Crippen LogP contribution in [0.1, 0.15) is 19.3 Å². The molecule has 0 aromatic rings. The Hall–Kier alpha value is -0.640. The molecule has 1 fully saturated rings. The second-order valence-corrected chi connectivity index (χ2v) is 3.13. The van der Waals surface area contributed by atoms with Crippen molar-refractivity contribution in [2.75, 3.05) is 19.6 Å². The van der Waals surface area contributed by atoms with Gasteiger partial charge < -0.3 is 10.6 Å². The Morgan fingerprint density at radius 2 is 2.08 bits per heavy atom. The van der Waals surface area contributed by atoms with E-state index in [1.165, 1.54) is 0 Å². The smallest absolute Gasteiger partial charge is 0.225 e. The van der Waals surface area contributed by atoms with Crippen molar-refractivity contribution in [1.82, 2.24) is 4.90 Å². The zero-order valence-corrected chi connectivity index (χ0v) is 7.13. The van der Waals surface area contributed by atoms with Crippen LogP contribution in [0.5, 0.6) is 0 Å². The van der Waals surface area contributed by atoms with Gasteiger partial charge in [0, 0.05) is 19.6 Å². The van der Waals surface area contributed by atoms with Crippen molar-refractivity contribution in [2.45, 2.75) is 25.4 Å². The summed E-state index contributed by atoms with van der Waals surface area (Å²) < 4.78 is 12.7. The Labute approximate surface area is 71.7 Å². The number of amides is 1. The molecular formula is C8H15FN2O. The Morgan fingerprint density at radius 1 is 1.50 bits per heavy atom. The van der Waals surface area contributed by atoms with E-state index in [1.54, 1.807) is 4.90 Å². The molecule has 1 unspecified atom stereocenters. The number of likely N-dealkylation sites (tertiary alicyclic amines) is 1. The van der Waals surface area contributed by atoms with E-state index in [0.717, 1.165) is 25.9 Å². The van der Waals surface area contributed by atoms with Crippen LogP contribution in [-0.2, 0) is 4.79 Å². The van der Waals surface area contributed by atoms with Gasteiger partial charge in [-0.3, -0.25) is 4.79 Å². The number of nitrogens with two attached hydrogens (primary N) is 1. The van der Waals surface area contributed by atoms with Gasteiger partial charge in [0.25, 0.3) is 0 Å². The van der Waals surface area contributed by atoms with Gasteiger partial charge in [0.15, 0.2) is 0 Å². The fourth-order valence-electron chi connectivity index (χ4n) is 1.37. The summed E-state index contributed by atoms with van der Waals surface area (Å²) in [5, 5.41) is 0. The fraction of sp³-hybridized carbons (Fsp3) is 0.875. The van der Waals surface area contributed by atoms with Gasteiger partial charge in [0.2, 0.25) is 5.91 Å². The van der Waals surface area contributed by atoms with Crippen LogP contribution in [0.2, 0.25) is 0 Å². The van der Waals surface area contributed by atoms with E-state index in [2.05, 4.69) is 0 Å². The summed E-state index contributed by atoms with van der Waals surface area (Å²) in [6.07, 6.45) is 0.880. The molecular weight excluding hydrogens is 159 g/mol. The molecule has 1 saturated heterocycles. The van der Waals surface area contributed by atoms with Gasteiger partial charge in [-0.15, -0.1) is 0 Å². The highest BCUT2D eigenvalue weighted by Gasteiger charge is 2.20. The van der Waals surface area contributed by atoms with Crippen LogP contribution in [0.25, 0.3) is 0 Å². The number of rotatable bonds is 3. The van der Waals surface area contributed by atoms with Gasteiger partial charge in [-0.2, -0.15) is 0 Å². The lowest BCUT2D eigenvalue weighted by atomic mass is 10.2. The standard InChI is InChI=1S/C8H15FN2O/c9-7(6-10)5-8(12)11-3-1-2-4-11/h7H,1-6,10H2. The molecule has 0 bridgehead atoms. The largest absolute Gasteiger partial charge is 0.343 e. The van der Waals surface area contributed by atoms with Crippen molar-refractivity contribution >= 4 is 5.91 Å². The van der Waals surface area contributed by atoms with Crippen LogP contribution in [0.3, 0.4) is 0 Å². The molecule has 0 aliphatic carbocycles. The molecule has 70 valence electrons.